The van der Waals surface area contributed by atoms with E-state index in [1.54, 1.807) is 7.11 Å². The van der Waals surface area contributed by atoms with Gasteiger partial charge in [-0.3, -0.25) is 9.69 Å². The van der Waals surface area contributed by atoms with E-state index in [9.17, 15) is 9.90 Å². The lowest BCUT2D eigenvalue weighted by molar-refractivity contribution is -0.142. The summed E-state index contributed by atoms with van der Waals surface area (Å²) in [4.78, 5) is 13.3. The summed E-state index contributed by atoms with van der Waals surface area (Å²) >= 11 is 6.09. The maximum absolute atomic E-state index is 11.3. The first-order chi connectivity index (χ1) is 9.44. The third kappa shape index (κ3) is 3.23. The van der Waals surface area contributed by atoms with Gasteiger partial charge in [-0.05, 0) is 37.1 Å². The zero-order chi connectivity index (χ0) is 14.8. The molecule has 0 saturated carbocycles. The van der Waals surface area contributed by atoms with E-state index in [1.807, 2.05) is 23.1 Å². The molecule has 1 amide bonds. The Kier molecular flexibility index (Phi) is 4.52. The van der Waals surface area contributed by atoms with Gasteiger partial charge in [0.1, 0.15) is 5.75 Å². The number of aliphatic hydroxyl groups is 1. The molecule has 6 heteroatoms. The van der Waals surface area contributed by atoms with Crippen LogP contribution >= 0.6 is 11.6 Å². The van der Waals surface area contributed by atoms with E-state index in [0.29, 0.717) is 23.7 Å². The van der Waals surface area contributed by atoms with E-state index in [2.05, 4.69) is 0 Å². The molecule has 0 spiro atoms. The Labute approximate surface area is 123 Å². The fourth-order valence-electron chi connectivity index (χ4n) is 2.53. The fraction of sp³-hybridized carbons (Fsp3) is 0.500. The quantitative estimate of drug-likeness (QED) is 0.875. The molecule has 5 nitrogen and oxygen atoms in total. The Morgan fingerprint density at radius 1 is 1.60 bits per heavy atom. The minimum atomic E-state index is -1.42. The minimum Gasteiger partial charge on any atom is -0.495 e. The number of hydrogen-bond donors (Lipinski definition) is 2. The number of nitrogens with zero attached hydrogens (tertiary/aromatic N) is 1. The Morgan fingerprint density at radius 3 is 2.95 bits per heavy atom. The standard InChI is InChI=1S/C14H19ClN2O3/c1-20-12-4-3-10(7-11(12)15)8-17-6-2-5-14(19,9-17)13(16)18/h3-4,7,19H,2,5-6,8-9H2,1H3,(H2,16,18)/t14-/m0/s1. The number of carbonyl (C=O) groups excluding carboxylic acids is 1. The number of nitrogens with two attached hydrogens (primary N) is 1. The first kappa shape index (κ1) is 15.1. The zero-order valence-corrected chi connectivity index (χ0v) is 12.2. The molecule has 1 fully saturated rings. The van der Waals surface area contributed by atoms with Crippen LogP contribution in [0.25, 0.3) is 0 Å². The van der Waals surface area contributed by atoms with Crippen molar-refractivity contribution in [2.24, 2.45) is 5.73 Å². The summed E-state index contributed by atoms with van der Waals surface area (Å²) in [5, 5.41) is 10.7. The summed E-state index contributed by atoms with van der Waals surface area (Å²) in [5.74, 6) is -0.0299. The van der Waals surface area contributed by atoms with Gasteiger partial charge in [-0.2, -0.15) is 0 Å². The predicted molar refractivity (Wildman–Crippen MR) is 76.7 cm³/mol. The topological polar surface area (TPSA) is 75.8 Å². The van der Waals surface area contributed by atoms with Crippen molar-refractivity contribution in [3.8, 4) is 5.75 Å². The molecule has 20 heavy (non-hydrogen) atoms. The van der Waals surface area contributed by atoms with E-state index in [-0.39, 0.29) is 6.54 Å². The summed E-state index contributed by atoms with van der Waals surface area (Å²) in [6.45, 7) is 1.69. The normalized spacial score (nSPS) is 23.6. The molecule has 2 rings (SSSR count). The second-order valence-corrected chi connectivity index (χ2v) is 5.59. The van der Waals surface area contributed by atoms with Gasteiger partial charge in [0.15, 0.2) is 5.60 Å². The maximum Gasteiger partial charge on any atom is 0.250 e. The number of primary amides is 1. The summed E-state index contributed by atoms with van der Waals surface area (Å²) in [6.07, 6.45) is 1.16. The largest absolute Gasteiger partial charge is 0.495 e. The van der Waals surface area contributed by atoms with Crippen LogP contribution in [0.2, 0.25) is 5.02 Å². The second-order valence-electron chi connectivity index (χ2n) is 5.18. The van der Waals surface area contributed by atoms with Crippen molar-refractivity contribution in [1.29, 1.82) is 0 Å². The van der Waals surface area contributed by atoms with Gasteiger partial charge in [-0.1, -0.05) is 17.7 Å². The lowest BCUT2D eigenvalue weighted by Crippen LogP contribution is -2.55. The molecular formula is C14H19ClN2O3. The van der Waals surface area contributed by atoms with Crippen LogP contribution in [0.3, 0.4) is 0 Å². The Balaban J connectivity index is 2.06. The van der Waals surface area contributed by atoms with Crippen LogP contribution in [-0.2, 0) is 11.3 Å². The molecule has 1 aliphatic rings. The summed E-state index contributed by atoms with van der Waals surface area (Å²) in [5.41, 5.74) is 4.85. The van der Waals surface area contributed by atoms with Gasteiger partial charge in [0.2, 0.25) is 0 Å². The van der Waals surface area contributed by atoms with Crippen molar-refractivity contribution < 1.29 is 14.6 Å². The highest BCUT2D eigenvalue weighted by molar-refractivity contribution is 6.32. The number of carbonyl (C=O) groups is 1. The average molecular weight is 299 g/mol. The number of β-amino-alcohol motifs (C(OH)–C–C–N with tert-alkyl or cyclic N) is 1. The molecule has 110 valence electrons. The van der Waals surface area contributed by atoms with Crippen molar-refractivity contribution in [3.63, 3.8) is 0 Å². The van der Waals surface area contributed by atoms with E-state index >= 15 is 0 Å². The number of benzene rings is 1. The Hall–Kier alpha value is -1.30. The van der Waals surface area contributed by atoms with Crippen molar-refractivity contribution >= 4 is 17.5 Å². The highest BCUT2D eigenvalue weighted by Gasteiger charge is 2.38. The van der Waals surface area contributed by atoms with E-state index in [4.69, 9.17) is 22.1 Å². The molecule has 1 aliphatic heterocycles. The zero-order valence-electron chi connectivity index (χ0n) is 11.4. The number of halogens is 1. The predicted octanol–water partition coefficient (Wildman–Crippen LogP) is 1.16. The van der Waals surface area contributed by atoms with Crippen molar-refractivity contribution in [2.75, 3.05) is 20.2 Å². The van der Waals surface area contributed by atoms with Gasteiger partial charge < -0.3 is 15.6 Å². The number of rotatable bonds is 4. The molecule has 1 atom stereocenters. The van der Waals surface area contributed by atoms with Gasteiger partial charge >= 0.3 is 0 Å². The molecule has 1 aromatic carbocycles. The monoisotopic (exact) mass is 298 g/mol. The smallest absolute Gasteiger partial charge is 0.250 e. The van der Waals surface area contributed by atoms with Crippen LogP contribution in [0, 0.1) is 0 Å². The van der Waals surface area contributed by atoms with Crippen LogP contribution in [0.15, 0.2) is 18.2 Å². The van der Waals surface area contributed by atoms with Crippen LogP contribution in [0.5, 0.6) is 5.75 Å². The molecule has 0 aliphatic carbocycles. The third-order valence-electron chi connectivity index (χ3n) is 3.63. The van der Waals surface area contributed by atoms with E-state index in [1.165, 1.54) is 0 Å². The Bertz CT molecular complexity index is 509. The molecule has 1 saturated heterocycles. The second kappa shape index (κ2) is 5.99. The minimum absolute atomic E-state index is 0.256. The summed E-state index contributed by atoms with van der Waals surface area (Å²) in [7, 11) is 1.57. The van der Waals surface area contributed by atoms with Crippen LogP contribution < -0.4 is 10.5 Å². The SMILES string of the molecule is COc1ccc(CN2CCC[C@@](O)(C(N)=O)C2)cc1Cl. The first-order valence-electron chi connectivity index (χ1n) is 6.52. The molecule has 0 radical (unpaired) electrons. The number of ether oxygens (including phenoxy) is 1. The molecule has 0 unspecified atom stereocenters. The number of hydrogen-bond acceptors (Lipinski definition) is 4. The lowest BCUT2D eigenvalue weighted by Gasteiger charge is -2.37. The molecular weight excluding hydrogens is 280 g/mol. The molecule has 1 heterocycles. The molecule has 1 aromatic rings. The number of methoxy groups -OCH3 is 1. The number of amides is 1. The molecule has 0 aromatic heterocycles. The van der Waals surface area contributed by atoms with Crippen LogP contribution in [0.1, 0.15) is 18.4 Å². The lowest BCUT2D eigenvalue weighted by atomic mass is 9.92. The summed E-state index contributed by atoms with van der Waals surface area (Å²) in [6, 6.07) is 5.56. The highest BCUT2D eigenvalue weighted by atomic mass is 35.5. The average Bonchev–Trinajstić information content (AvgIpc) is 2.39. The first-order valence-corrected chi connectivity index (χ1v) is 6.89. The van der Waals surface area contributed by atoms with E-state index < -0.39 is 11.5 Å². The maximum atomic E-state index is 11.3. The third-order valence-corrected chi connectivity index (χ3v) is 3.93. The van der Waals surface area contributed by atoms with Crippen molar-refractivity contribution in [2.45, 2.75) is 25.0 Å². The fourth-order valence-corrected chi connectivity index (χ4v) is 2.81. The Morgan fingerprint density at radius 2 is 2.35 bits per heavy atom. The van der Waals surface area contributed by atoms with Gasteiger partial charge in [0.25, 0.3) is 5.91 Å². The van der Waals surface area contributed by atoms with Crippen LogP contribution in [-0.4, -0.2) is 41.7 Å². The van der Waals surface area contributed by atoms with Gasteiger partial charge in [0.05, 0.1) is 12.1 Å². The number of likely N-dealkylation sites (tertiary alicyclic amines) is 1. The molecule has 3 N–H and O–H groups in total. The molecule has 0 bridgehead atoms. The van der Waals surface area contributed by atoms with Crippen molar-refractivity contribution in [1.82, 2.24) is 4.90 Å². The summed E-state index contributed by atoms with van der Waals surface area (Å²) < 4.78 is 5.11. The number of piperidine rings is 1. The van der Waals surface area contributed by atoms with Gasteiger partial charge in [-0.15, -0.1) is 0 Å². The van der Waals surface area contributed by atoms with Crippen LogP contribution in [0.4, 0.5) is 0 Å². The van der Waals surface area contributed by atoms with Gasteiger partial charge in [0, 0.05) is 13.1 Å². The highest BCUT2D eigenvalue weighted by Crippen LogP contribution is 2.27. The van der Waals surface area contributed by atoms with Crippen molar-refractivity contribution in [3.05, 3.63) is 28.8 Å². The van der Waals surface area contributed by atoms with Gasteiger partial charge in [-0.25, -0.2) is 0 Å². The van der Waals surface area contributed by atoms with E-state index in [0.717, 1.165) is 18.5 Å².